The first-order valence-corrected chi connectivity index (χ1v) is 9.02. The van der Waals surface area contributed by atoms with E-state index >= 15 is 0 Å². The predicted octanol–water partition coefficient (Wildman–Crippen LogP) is 3.98. The minimum atomic E-state index is -0.919. The van der Waals surface area contributed by atoms with E-state index in [0.29, 0.717) is 35.9 Å². The van der Waals surface area contributed by atoms with Crippen molar-refractivity contribution in [3.8, 4) is 0 Å². The summed E-state index contributed by atoms with van der Waals surface area (Å²) in [6.45, 7) is 0.496. The summed E-state index contributed by atoms with van der Waals surface area (Å²) in [5, 5.41) is 10.3. The van der Waals surface area contributed by atoms with Crippen LogP contribution in [0.25, 0.3) is 5.52 Å². The van der Waals surface area contributed by atoms with Crippen LogP contribution in [0.15, 0.2) is 48.9 Å². The van der Waals surface area contributed by atoms with E-state index in [-0.39, 0.29) is 0 Å². The molecule has 0 saturated carbocycles. The van der Waals surface area contributed by atoms with E-state index in [9.17, 15) is 9.90 Å². The molecule has 3 heterocycles. The number of likely N-dealkylation sites (tertiary alicyclic amines) is 1. The molecule has 1 atom stereocenters. The molecule has 0 bridgehead atoms. The number of hydrogen-bond donors (Lipinski definition) is 1. The highest BCUT2D eigenvalue weighted by Gasteiger charge is 2.46. The monoisotopic (exact) mass is 370 g/mol. The summed E-state index contributed by atoms with van der Waals surface area (Å²) in [5.41, 5.74) is 1.03. The lowest BCUT2D eigenvalue weighted by Gasteiger charge is -2.45. The Balaban J connectivity index is 1.92. The lowest BCUT2D eigenvalue weighted by atomic mass is 9.80. The molecule has 0 radical (unpaired) electrons. The van der Waals surface area contributed by atoms with E-state index in [1.54, 1.807) is 23.5 Å². The Labute approximate surface area is 156 Å². The summed E-state index contributed by atoms with van der Waals surface area (Å²) >= 11 is 6.21. The van der Waals surface area contributed by atoms with E-state index in [1.165, 1.54) is 0 Å². The number of aromatic nitrogens is 3. The predicted molar refractivity (Wildman–Crippen MR) is 98.4 cm³/mol. The van der Waals surface area contributed by atoms with Gasteiger partial charge in [0.15, 0.2) is 5.15 Å². The van der Waals surface area contributed by atoms with Gasteiger partial charge in [-0.25, -0.2) is 14.8 Å². The van der Waals surface area contributed by atoms with Crippen molar-refractivity contribution in [2.24, 2.45) is 0 Å². The Hall–Kier alpha value is -2.60. The average Bonchev–Trinajstić information content (AvgIpc) is 3.09. The van der Waals surface area contributed by atoms with Gasteiger partial charge in [-0.1, -0.05) is 41.9 Å². The topological polar surface area (TPSA) is 70.7 Å². The lowest BCUT2D eigenvalue weighted by molar-refractivity contribution is 0.0384. The summed E-state index contributed by atoms with van der Waals surface area (Å²) < 4.78 is 1.87. The molecule has 0 spiro atoms. The van der Waals surface area contributed by atoms with Crippen molar-refractivity contribution in [3.63, 3.8) is 0 Å². The summed E-state index contributed by atoms with van der Waals surface area (Å²) in [4.78, 5) is 22.4. The fraction of sp³-hybridized carbons (Fsp3) is 0.316. The summed E-state index contributed by atoms with van der Waals surface area (Å²) in [5.74, 6) is 0.697. The molecular formula is C19H19ClN4O2. The number of imidazole rings is 1. The highest BCUT2D eigenvalue weighted by molar-refractivity contribution is 6.32. The van der Waals surface area contributed by atoms with Gasteiger partial charge in [-0.05, 0) is 24.8 Å². The zero-order valence-corrected chi connectivity index (χ0v) is 14.9. The minimum Gasteiger partial charge on any atom is -0.465 e. The van der Waals surface area contributed by atoms with Gasteiger partial charge in [0.25, 0.3) is 0 Å². The van der Waals surface area contributed by atoms with Crippen molar-refractivity contribution >= 4 is 23.2 Å². The smallest absolute Gasteiger partial charge is 0.408 e. The SMILES string of the molecule is O=C(O)N1CCCCC1(Cc1ccccc1)c1ncc2c(Cl)nccn12. The maximum atomic E-state index is 12.1. The first-order valence-electron chi connectivity index (χ1n) is 8.64. The van der Waals surface area contributed by atoms with Crippen LogP contribution in [-0.4, -0.2) is 37.0 Å². The van der Waals surface area contributed by atoms with Crippen LogP contribution in [-0.2, 0) is 12.0 Å². The molecule has 1 aliphatic heterocycles. The van der Waals surface area contributed by atoms with Crippen molar-refractivity contribution in [2.45, 2.75) is 31.2 Å². The van der Waals surface area contributed by atoms with Gasteiger partial charge >= 0.3 is 6.09 Å². The van der Waals surface area contributed by atoms with Crippen LogP contribution in [0, 0.1) is 0 Å². The zero-order chi connectivity index (χ0) is 18.1. The van der Waals surface area contributed by atoms with Crippen molar-refractivity contribution in [2.75, 3.05) is 6.54 Å². The number of halogens is 1. The molecule has 0 aliphatic carbocycles. The number of fused-ring (bicyclic) bond motifs is 1. The van der Waals surface area contributed by atoms with E-state index in [4.69, 9.17) is 11.6 Å². The van der Waals surface area contributed by atoms with Gasteiger partial charge in [0.2, 0.25) is 0 Å². The third-order valence-electron chi connectivity index (χ3n) is 5.14. The second-order valence-electron chi connectivity index (χ2n) is 6.64. The van der Waals surface area contributed by atoms with E-state index in [2.05, 4.69) is 9.97 Å². The maximum Gasteiger partial charge on any atom is 0.408 e. The average molecular weight is 371 g/mol. The fourth-order valence-corrected chi connectivity index (χ4v) is 4.18. The molecule has 1 aromatic carbocycles. The van der Waals surface area contributed by atoms with Gasteiger partial charge in [0.1, 0.15) is 16.9 Å². The molecule has 1 unspecified atom stereocenters. The van der Waals surface area contributed by atoms with E-state index in [1.807, 2.05) is 34.7 Å². The van der Waals surface area contributed by atoms with Crippen molar-refractivity contribution in [3.05, 3.63) is 65.5 Å². The Morgan fingerprint density at radius 1 is 1.23 bits per heavy atom. The van der Waals surface area contributed by atoms with Gasteiger partial charge in [0, 0.05) is 25.4 Å². The highest BCUT2D eigenvalue weighted by Crippen LogP contribution is 2.40. The maximum absolute atomic E-state index is 12.1. The lowest BCUT2D eigenvalue weighted by Crippen LogP contribution is -2.54. The first-order chi connectivity index (χ1) is 12.6. The largest absolute Gasteiger partial charge is 0.465 e. The Morgan fingerprint density at radius 3 is 2.81 bits per heavy atom. The summed E-state index contributed by atoms with van der Waals surface area (Å²) in [7, 11) is 0. The van der Waals surface area contributed by atoms with Crippen molar-refractivity contribution in [1.82, 2.24) is 19.3 Å². The Morgan fingerprint density at radius 2 is 2.04 bits per heavy atom. The third kappa shape index (κ3) is 2.70. The molecule has 6 nitrogen and oxygen atoms in total. The van der Waals surface area contributed by atoms with Gasteiger partial charge in [0.05, 0.1) is 6.20 Å². The van der Waals surface area contributed by atoms with Gasteiger partial charge < -0.3 is 5.11 Å². The fourth-order valence-electron chi connectivity index (χ4n) is 3.98. The zero-order valence-electron chi connectivity index (χ0n) is 14.2. The number of nitrogens with zero attached hydrogens (tertiary/aromatic N) is 4. The molecule has 2 aromatic heterocycles. The molecule has 1 N–H and O–H groups in total. The number of carboxylic acid groups (broad SMARTS) is 1. The molecule has 1 aliphatic rings. The normalized spacial score (nSPS) is 20.4. The number of hydrogen-bond acceptors (Lipinski definition) is 3. The molecule has 7 heteroatoms. The van der Waals surface area contributed by atoms with Crippen LogP contribution in [0.4, 0.5) is 4.79 Å². The third-order valence-corrected chi connectivity index (χ3v) is 5.43. The molecule has 26 heavy (non-hydrogen) atoms. The Kier molecular flexibility index (Phi) is 4.28. The molecule has 1 amide bonds. The van der Waals surface area contributed by atoms with Gasteiger partial charge in [-0.2, -0.15) is 0 Å². The highest BCUT2D eigenvalue weighted by atomic mass is 35.5. The summed E-state index contributed by atoms with van der Waals surface area (Å²) in [6.07, 6.45) is 7.25. The van der Waals surface area contributed by atoms with Crippen LogP contribution in [0.3, 0.4) is 0 Å². The quantitative estimate of drug-likeness (QED) is 0.756. The van der Waals surface area contributed by atoms with Crippen molar-refractivity contribution < 1.29 is 9.90 Å². The second-order valence-corrected chi connectivity index (χ2v) is 7.00. The number of benzene rings is 1. The number of carbonyl (C=O) groups is 1. The summed E-state index contributed by atoms with van der Waals surface area (Å²) in [6, 6.07) is 9.96. The first kappa shape index (κ1) is 16.8. The van der Waals surface area contributed by atoms with E-state index in [0.717, 1.165) is 18.4 Å². The Bertz CT molecular complexity index is 943. The van der Waals surface area contributed by atoms with Crippen LogP contribution in [0.2, 0.25) is 5.15 Å². The standard InChI is InChI=1S/C19H19ClN4O2/c20-16-15-13-22-17(23(15)11-9-21-16)19(12-14-6-2-1-3-7-14)8-4-5-10-24(19)18(25)26/h1-3,6-7,9,11,13H,4-5,8,10,12H2,(H,25,26). The van der Waals surface area contributed by atoms with Gasteiger partial charge in [-0.15, -0.1) is 0 Å². The molecule has 1 fully saturated rings. The number of amides is 1. The molecular weight excluding hydrogens is 352 g/mol. The number of rotatable bonds is 3. The van der Waals surface area contributed by atoms with Gasteiger partial charge in [-0.3, -0.25) is 9.30 Å². The van der Waals surface area contributed by atoms with Crippen LogP contribution >= 0.6 is 11.6 Å². The molecule has 1 saturated heterocycles. The van der Waals surface area contributed by atoms with Crippen molar-refractivity contribution in [1.29, 1.82) is 0 Å². The minimum absolute atomic E-state index is 0.360. The molecule has 134 valence electrons. The number of piperidine rings is 1. The molecule has 4 rings (SSSR count). The van der Waals surface area contributed by atoms with Crippen LogP contribution in [0.1, 0.15) is 30.7 Å². The second kappa shape index (κ2) is 6.61. The van der Waals surface area contributed by atoms with Crippen LogP contribution < -0.4 is 0 Å². The van der Waals surface area contributed by atoms with E-state index < -0.39 is 11.6 Å². The van der Waals surface area contributed by atoms with Crippen LogP contribution in [0.5, 0.6) is 0 Å². The molecule has 3 aromatic rings.